The lowest BCUT2D eigenvalue weighted by Gasteiger charge is -2.16. The van der Waals surface area contributed by atoms with E-state index in [9.17, 15) is 9.59 Å². The monoisotopic (exact) mass is 407 g/mol. The summed E-state index contributed by atoms with van der Waals surface area (Å²) >= 11 is 17.2. The first-order valence-electron chi connectivity index (χ1n) is 7.83. The Bertz CT molecular complexity index is 1110. The van der Waals surface area contributed by atoms with E-state index in [1.54, 1.807) is 43.3 Å². The lowest BCUT2D eigenvalue weighted by atomic mass is 10.2. The maximum absolute atomic E-state index is 12.7. The average Bonchev–Trinajstić information content (AvgIpc) is 2.60. The van der Waals surface area contributed by atoms with Crippen molar-refractivity contribution >= 4 is 52.2 Å². The molecule has 0 aliphatic carbocycles. The quantitative estimate of drug-likeness (QED) is 0.635. The Balaban J connectivity index is 1.86. The minimum atomic E-state index is -0.776. The zero-order chi connectivity index (χ0) is 18.8. The average molecular weight is 408 g/mol. The third-order valence-corrected chi connectivity index (χ3v) is 4.96. The second-order valence-electron chi connectivity index (χ2n) is 5.78. The topological polar surface area (TPSA) is 66.9 Å². The van der Waals surface area contributed by atoms with E-state index in [1.807, 2.05) is 6.07 Å². The van der Waals surface area contributed by atoms with Crippen LogP contribution in [0.2, 0.25) is 10.0 Å². The molecule has 0 spiro atoms. The van der Waals surface area contributed by atoms with Crippen LogP contribution in [0.4, 0.5) is 0 Å². The summed E-state index contributed by atoms with van der Waals surface area (Å²) < 4.78 is 1.47. The molecule has 1 aromatic heterocycles. The number of nitrogens with zero attached hydrogens (tertiary/aromatic N) is 1. The number of aromatic amines is 1. The number of rotatable bonds is 4. The highest BCUT2D eigenvalue weighted by atomic mass is 35.5. The van der Waals surface area contributed by atoms with Crippen LogP contribution >= 0.6 is 35.4 Å². The molecule has 3 rings (SSSR count). The van der Waals surface area contributed by atoms with Gasteiger partial charge in [0, 0.05) is 16.6 Å². The number of benzene rings is 2. The van der Waals surface area contributed by atoms with Crippen LogP contribution < -0.4 is 10.9 Å². The molecule has 1 heterocycles. The summed E-state index contributed by atoms with van der Waals surface area (Å²) in [5.74, 6) is -0.340. The molecule has 0 radical (unpaired) electrons. The number of hydrogen-bond acceptors (Lipinski definition) is 3. The van der Waals surface area contributed by atoms with Gasteiger partial charge in [0.2, 0.25) is 5.91 Å². The number of H-pyrrole nitrogens is 1. The normalized spacial score (nSPS) is 12.1. The maximum Gasteiger partial charge on any atom is 0.262 e. The van der Waals surface area contributed by atoms with E-state index in [0.29, 0.717) is 20.9 Å². The molecule has 1 amide bonds. The third-order valence-electron chi connectivity index (χ3n) is 4.07. The van der Waals surface area contributed by atoms with Gasteiger partial charge in [0.15, 0.2) is 4.77 Å². The summed E-state index contributed by atoms with van der Waals surface area (Å²) in [6.07, 6.45) is 0. The van der Waals surface area contributed by atoms with Crippen molar-refractivity contribution in [2.24, 2.45) is 0 Å². The van der Waals surface area contributed by atoms with Gasteiger partial charge in [0.1, 0.15) is 6.04 Å². The fraction of sp³-hybridized carbons (Fsp3) is 0.167. The molecule has 1 atom stereocenters. The Morgan fingerprint density at radius 3 is 2.73 bits per heavy atom. The van der Waals surface area contributed by atoms with Gasteiger partial charge in [-0.25, -0.2) is 0 Å². The second-order valence-corrected chi connectivity index (χ2v) is 7.01. The molecule has 0 saturated heterocycles. The highest BCUT2D eigenvalue weighted by Crippen LogP contribution is 2.21. The molecular weight excluding hydrogens is 393 g/mol. The molecular formula is C18H15Cl2N3O2S. The summed E-state index contributed by atoms with van der Waals surface area (Å²) in [6.45, 7) is 1.84. The molecule has 0 unspecified atom stereocenters. The van der Waals surface area contributed by atoms with Gasteiger partial charge in [-0.15, -0.1) is 0 Å². The number of fused-ring (bicyclic) bond motifs is 1. The van der Waals surface area contributed by atoms with Crippen LogP contribution in [0.1, 0.15) is 18.5 Å². The van der Waals surface area contributed by atoms with Gasteiger partial charge >= 0.3 is 0 Å². The molecule has 134 valence electrons. The number of carbonyl (C=O) groups is 1. The van der Waals surface area contributed by atoms with E-state index in [-0.39, 0.29) is 22.8 Å². The van der Waals surface area contributed by atoms with E-state index in [0.717, 1.165) is 5.56 Å². The smallest absolute Gasteiger partial charge is 0.262 e. The van der Waals surface area contributed by atoms with Gasteiger partial charge in [0.25, 0.3) is 5.56 Å². The summed E-state index contributed by atoms with van der Waals surface area (Å²) in [4.78, 5) is 28.2. The maximum atomic E-state index is 12.7. The van der Waals surface area contributed by atoms with Crippen LogP contribution in [0.5, 0.6) is 0 Å². The molecule has 8 heteroatoms. The number of halogens is 2. The van der Waals surface area contributed by atoms with Crippen molar-refractivity contribution < 1.29 is 4.79 Å². The molecule has 0 fully saturated rings. The van der Waals surface area contributed by atoms with Gasteiger partial charge in [-0.2, -0.15) is 0 Å². The standard InChI is InChI=1S/C18H15Cl2N3O2S/c1-10(16(24)21-9-11-6-7-12(19)8-14(11)20)23-17(25)13-4-2-3-5-15(13)22-18(23)26/h2-8,10H,9H2,1H3,(H,21,24)(H,22,26)/t10-/m1/s1. The van der Waals surface area contributed by atoms with Crippen molar-refractivity contribution in [2.75, 3.05) is 0 Å². The van der Waals surface area contributed by atoms with E-state index < -0.39 is 6.04 Å². The molecule has 2 N–H and O–H groups in total. The zero-order valence-corrected chi connectivity index (χ0v) is 16.1. The molecule has 0 saturated carbocycles. The van der Waals surface area contributed by atoms with Crippen LogP contribution in [0, 0.1) is 4.77 Å². The summed E-state index contributed by atoms with van der Waals surface area (Å²) in [5.41, 5.74) is 1.06. The number of para-hydroxylation sites is 1. The Morgan fingerprint density at radius 1 is 1.27 bits per heavy atom. The van der Waals surface area contributed by atoms with Crippen LogP contribution in [0.3, 0.4) is 0 Å². The van der Waals surface area contributed by atoms with Gasteiger partial charge in [-0.1, -0.05) is 41.4 Å². The highest BCUT2D eigenvalue weighted by Gasteiger charge is 2.19. The van der Waals surface area contributed by atoms with Crippen LogP contribution in [-0.2, 0) is 11.3 Å². The zero-order valence-electron chi connectivity index (χ0n) is 13.8. The first-order valence-corrected chi connectivity index (χ1v) is 9.00. The minimum absolute atomic E-state index is 0.195. The number of carbonyl (C=O) groups excluding carboxylic acids is 1. The van der Waals surface area contributed by atoms with Crippen molar-refractivity contribution in [3.8, 4) is 0 Å². The highest BCUT2D eigenvalue weighted by molar-refractivity contribution is 7.71. The van der Waals surface area contributed by atoms with Gasteiger partial charge < -0.3 is 10.3 Å². The number of hydrogen-bond donors (Lipinski definition) is 2. The first kappa shape index (κ1) is 18.6. The Hall–Kier alpha value is -2.15. The fourth-order valence-electron chi connectivity index (χ4n) is 2.64. The van der Waals surface area contributed by atoms with Crippen molar-refractivity contribution in [2.45, 2.75) is 19.5 Å². The van der Waals surface area contributed by atoms with Gasteiger partial charge in [0.05, 0.1) is 10.9 Å². The Labute approximate surface area is 164 Å². The number of amides is 1. The summed E-state index contributed by atoms with van der Waals surface area (Å²) in [7, 11) is 0. The number of nitrogens with one attached hydrogen (secondary N) is 2. The molecule has 0 bridgehead atoms. The van der Waals surface area contributed by atoms with Crippen LogP contribution in [0.15, 0.2) is 47.3 Å². The Morgan fingerprint density at radius 2 is 2.00 bits per heavy atom. The first-order chi connectivity index (χ1) is 12.4. The minimum Gasteiger partial charge on any atom is -0.350 e. The SMILES string of the molecule is C[C@H](C(=O)NCc1ccc(Cl)cc1Cl)n1c(=S)[nH]c2ccccc2c1=O. The van der Waals surface area contributed by atoms with Crippen molar-refractivity contribution in [3.05, 3.63) is 73.2 Å². The second kappa shape index (κ2) is 7.61. The number of aromatic nitrogens is 2. The predicted molar refractivity (Wildman–Crippen MR) is 106 cm³/mol. The van der Waals surface area contributed by atoms with Gasteiger partial charge in [-0.05, 0) is 49.0 Å². The third kappa shape index (κ3) is 3.67. The van der Waals surface area contributed by atoms with Crippen molar-refractivity contribution in [3.63, 3.8) is 0 Å². The predicted octanol–water partition coefficient (Wildman–Crippen LogP) is 4.24. The molecule has 5 nitrogen and oxygen atoms in total. The van der Waals surface area contributed by atoms with Crippen LogP contribution in [0.25, 0.3) is 10.9 Å². The lowest BCUT2D eigenvalue weighted by Crippen LogP contribution is -2.36. The van der Waals surface area contributed by atoms with Crippen molar-refractivity contribution in [1.29, 1.82) is 0 Å². The summed E-state index contributed by atoms with van der Waals surface area (Å²) in [5, 5.41) is 4.23. The van der Waals surface area contributed by atoms with E-state index in [2.05, 4.69) is 10.3 Å². The van der Waals surface area contributed by atoms with Crippen molar-refractivity contribution in [1.82, 2.24) is 14.9 Å². The molecule has 3 aromatic rings. The van der Waals surface area contributed by atoms with E-state index in [1.165, 1.54) is 4.57 Å². The molecule has 0 aliphatic rings. The van der Waals surface area contributed by atoms with Gasteiger partial charge in [-0.3, -0.25) is 14.2 Å². The van der Waals surface area contributed by atoms with E-state index in [4.69, 9.17) is 35.4 Å². The molecule has 26 heavy (non-hydrogen) atoms. The lowest BCUT2D eigenvalue weighted by molar-refractivity contribution is -0.124. The molecule has 2 aromatic carbocycles. The van der Waals surface area contributed by atoms with E-state index >= 15 is 0 Å². The summed E-state index contributed by atoms with van der Waals surface area (Å²) in [6, 6.07) is 11.3. The Kier molecular flexibility index (Phi) is 5.46. The largest absolute Gasteiger partial charge is 0.350 e. The molecule has 0 aliphatic heterocycles. The fourth-order valence-corrected chi connectivity index (χ4v) is 3.47. The van der Waals surface area contributed by atoms with Crippen LogP contribution in [-0.4, -0.2) is 15.5 Å².